The van der Waals surface area contributed by atoms with Crippen molar-refractivity contribution in [1.29, 1.82) is 0 Å². The third-order valence-corrected chi connectivity index (χ3v) is 1.29. The smallest absolute Gasteiger partial charge is 0.256 e. The van der Waals surface area contributed by atoms with Crippen molar-refractivity contribution in [2.24, 2.45) is 5.73 Å². The molecule has 0 bridgehead atoms. The molecule has 0 aliphatic heterocycles. The number of rotatable bonds is 2. The Morgan fingerprint density at radius 3 is 1.40 bits per heavy atom. The van der Waals surface area contributed by atoms with Crippen molar-refractivity contribution in [3.8, 4) is 0 Å². The third-order valence-electron chi connectivity index (χ3n) is 1.03. The summed E-state index contributed by atoms with van der Waals surface area (Å²) in [7, 11) is 0. The van der Waals surface area contributed by atoms with E-state index in [1.165, 1.54) is 6.92 Å². The average molecular weight is 258 g/mol. The van der Waals surface area contributed by atoms with E-state index >= 15 is 0 Å². The minimum absolute atomic E-state index is 0.00463. The van der Waals surface area contributed by atoms with Gasteiger partial charge in [0.05, 0.1) is 6.67 Å². The standard InChI is InChI=1S/C5H11NOS.C2H5F.CH3NOS/c1-3-6(4-2)5(7)8;1-2-3;2-1(3)4/h3-4H2,1-2H3,(H,7,8);2H2,1H3;(H3,2,3,4). The molecule has 0 atom stereocenters. The van der Waals surface area contributed by atoms with E-state index in [1.54, 1.807) is 4.90 Å². The number of hydrogen-bond donors (Lipinski definition) is 3. The fourth-order valence-electron chi connectivity index (χ4n) is 0.494. The molecule has 0 unspecified atom stereocenters. The molecule has 0 saturated carbocycles. The lowest BCUT2D eigenvalue weighted by Crippen LogP contribution is -2.28. The average Bonchev–Trinajstić information content (AvgIpc) is 2.05. The van der Waals surface area contributed by atoms with Gasteiger partial charge in [-0.3, -0.25) is 4.39 Å². The van der Waals surface area contributed by atoms with E-state index in [9.17, 15) is 4.39 Å². The first-order valence-electron chi connectivity index (χ1n) is 4.39. The molecule has 0 amide bonds. The predicted octanol–water partition coefficient (Wildman–Crippen LogP) is 1.93. The van der Waals surface area contributed by atoms with Crippen LogP contribution in [0, 0.1) is 0 Å². The Morgan fingerprint density at radius 1 is 1.20 bits per heavy atom. The molecule has 92 valence electrons. The first-order chi connectivity index (χ1) is 6.87. The van der Waals surface area contributed by atoms with Crippen LogP contribution in [0.2, 0.25) is 0 Å². The van der Waals surface area contributed by atoms with Gasteiger partial charge in [0, 0.05) is 13.1 Å². The van der Waals surface area contributed by atoms with Crippen molar-refractivity contribution in [2.45, 2.75) is 20.8 Å². The molecule has 0 aromatic carbocycles. The number of alkyl halides is 1. The highest BCUT2D eigenvalue weighted by Gasteiger charge is 1.98. The number of nitrogens with zero attached hydrogens (tertiary/aromatic N) is 1. The van der Waals surface area contributed by atoms with Gasteiger partial charge in [-0.15, -0.1) is 0 Å². The van der Waals surface area contributed by atoms with Gasteiger partial charge < -0.3 is 20.8 Å². The summed E-state index contributed by atoms with van der Waals surface area (Å²) in [6.45, 7) is 6.68. The lowest BCUT2D eigenvalue weighted by Gasteiger charge is -2.15. The maximum atomic E-state index is 10.3. The van der Waals surface area contributed by atoms with Crippen LogP contribution < -0.4 is 5.73 Å². The zero-order chi connectivity index (χ0) is 12.9. The van der Waals surface area contributed by atoms with E-state index in [1.807, 2.05) is 13.8 Å². The highest BCUT2D eigenvalue weighted by molar-refractivity contribution is 7.80. The fraction of sp³-hybridized carbons (Fsp3) is 0.750. The molecule has 0 aliphatic rings. The maximum absolute atomic E-state index is 10.3. The van der Waals surface area contributed by atoms with Crippen LogP contribution in [0.3, 0.4) is 0 Å². The lowest BCUT2D eigenvalue weighted by atomic mass is 10.6. The Labute approximate surface area is 101 Å². The second-order valence-electron chi connectivity index (χ2n) is 2.06. The SMILES string of the molecule is CCF.CCN(CC)C(O)=S.NC(O)=S. The van der Waals surface area contributed by atoms with Crippen LogP contribution in [0.15, 0.2) is 0 Å². The summed E-state index contributed by atoms with van der Waals surface area (Å²) in [5, 5.41) is 15.7. The Kier molecular flexibility index (Phi) is 20.8. The summed E-state index contributed by atoms with van der Waals surface area (Å²) in [4.78, 5) is 1.70. The minimum Gasteiger partial charge on any atom is -0.487 e. The largest absolute Gasteiger partial charge is 0.487 e. The number of thiocarbonyl (C=S) groups is 2. The second-order valence-corrected chi connectivity index (χ2v) is 2.84. The van der Waals surface area contributed by atoms with Crippen LogP contribution in [0.4, 0.5) is 4.39 Å². The fourth-order valence-corrected chi connectivity index (χ4v) is 0.752. The maximum Gasteiger partial charge on any atom is 0.256 e. The van der Waals surface area contributed by atoms with Crippen LogP contribution in [-0.2, 0) is 0 Å². The Bertz CT molecular complexity index is 163. The second kappa shape index (κ2) is 15.8. The van der Waals surface area contributed by atoms with E-state index in [2.05, 4.69) is 30.2 Å². The normalized spacial score (nSPS) is 7.47. The van der Waals surface area contributed by atoms with Gasteiger partial charge in [0.2, 0.25) is 0 Å². The number of nitrogens with two attached hydrogens (primary N) is 1. The molecule has 15 heavy (non-hydrogen) atoms. The summed E-state index contributed by atoms with van der Waals surface area (Å²) in [5.41, 5.74) is 4.40. The minimum atomic E-state index is -0.500. The van der Waals surface area contributed by atoms with E-state index in [-0.39, 0.29) is 11.8 Å². The molecule has 0 radical (unpaired) electrons. The summed E-state index contributed by atoms with van der Waals surface area (Å²) in [6, 6.07) is 0. The van der Waals surface area contributed by atoms with Crippen molar-refractivity contribution in [3.63, 3.8) is 0 Å². The number of aliphatic hydroxyl groups excluding tert-OH is 2. The molecular formula is C8H19FN2O2S2. The Morgan fingerprint density at radius 2 is 1.40 bits per heavy atom. The van der Waals surface area contributed by atoms with Gasteiger partial charge in [0.1, 0.15) is 0 Å². The van der Waals surface area contributed by atoms with Crippen molar-refractivity contribution >= 4 is 34.8 Å². The van der Waals surface area contributed by atoms with Crippen molar-refractivity contribution in [2.75, 3.05) is 19.8 Å². The topological polar surface area (TPSA) is 69.7 Å². The van der Waals surface area contributed by atoms with Crippen LogP contribution >= 0.6 is 24.4 Å². The Balaban J connectivity index is -0.000000173. The molecule has 0 aliphatic carbocycles. The summed E-state index contributed by atoms with van der Waals surface area (Å²) in [5.74, 6) is 0. The quantitative estimate of drug-likeness (QED) is 0.658. The van der Waals surface area contributed by atoms with Gasteiger partial charge >= 0.3 is 0 Å². The molecule has 0 saturated heterocycles. The van der Waals surface area contributed by atoms with Gasteiger partial charge in [-0.05, 0) is 45.2 Å². The molecule has 0 heterocycles. The molecule has 0 aromatic rings. The van der Waals surface area contributed by atoms with Crippen molar-refractivity contribution in [1.82, 2.24) is 4.90 Å². The third kappa shape index (κ3) is 31.9. The van der Waals surface area contributed by atoms with Crippen molar-refractivity contribution in [3.05, 3.63) is 0 Å². The van der Waals surface area contributed by atoms with Gasteiger partial charge in [-0.1, -0.05) is 0 Å². The molecule has 4 N–H and O–H groups in total. The van der Waals surface area contributed by atoms with Crippen LogP contribution in [0.1, 0.15) is 20.8 Å². The predicted molar refractivity (Wildman–Crippen MR) is 69.2 cm³/mol. The van der Waals surface area contributed by atoms with Gasteiger partial charge in [-0.25, -0.2) is 0 Å². The number of halogens is 1. The highest BCUT2D eigenvalue weighted by Crippen LogP contribution is 1.85. The molecule has 4 nitrogen and oxygen atoms in total. The zero-order valence-corrected chi connectivity index (χ0v) is 10.9. The van der Waals surface area contributed by atoms with Crippen molar-refractivity contribution < 1.29 is 14.6 Å². The highest BCUT2D eigenvalue weighted by atomic mass is 32.1. The van der Waals surface area contributed by atoms with Gasteiger partial charge in [-0.2, -0.15) is 0 Å². The Hall–Kier alpha value is -0.690. The van der Waals surface area contributed by atoms with Gasteiger partial charge in [0.15, 0.2) is 0 Å². The summed E-state index contributed by atoms with van der Waals surface area (Å²) in [6.07, 6.45) is 0. The van der Waals surface area contributed by atoms with Crippen LogP contribution in [-0.4, -0.2) is 45.2 Å². The van der Waals surface area contributed by atoms with Gasteiger partial charge in [0.25, 0.3) is 10.3 Å². The molecule has 0 spiro atoms. The van der Waals surface area contributed by atoms with E-state index < -0.39 is 5.17 Å². The molecule has 0 fully saturated rings. The molecule has 0 aromatic heterocycles. The summed E-state index contributed by atoms with van der Waals surface area (Å²) >= 11 is 8.37. The number of hydrogen-bond acceptors (Lipinski definition) is 2. The molecule has 0 rings (SSSR count). The summed E-state index contributed by atoms with van der Waals surface area (Å²) < 4.78 is 10.3. The monoisotopic (exact) mass is 258 g/mol. The van der Waals surface area contributed by atoms with E-state index in [0.29, 0.717) is 0 Å². The molecular weight excluding hydrogens is 239 g/mol. The molecule has 7 heteroatoms. The van der Waals surface area contributed by atoms with Crippen LogP contribution in [0.5, 0.6) is 0 Å². The van der Waals surface area contributed by atoms with Crippen LogP contribution in [0.25, 0.3) is 0 Å². The van der Waals surface area contributed by atoms with E-state index in [0.717, 1.165) is 13.1 Å². The first-order valence-corrected chi connectivity index (χ1v) is 5.21. The zero-order valence-electron chi connectivity index (χ0n) is 9.23. The first kappa shape index (κ1) is 19.8. The number of aliphatic hydroxyl groups is 2. The van der Waals surface area contributed by atoms with E-state index in [4.69, 9.17) is 10.2 Å². The lowest BCUT2D eigenvalue weighted by molar-refractivity contribution is 0.371.